The molecule has 0 aromatic heterocycles. The average molecular weight is 413 g/mol. The third-order valence-electron chi connectivity index (χ3n) is 5.27. The maximum Gasteiger partial charge on any atom is 0.223 e. The van der Waals surface area contributed by atoms with Gasteiger partial charge in [0.2, 0.25) is 5.91 Å². The summed E-state index contributed by atoms with van der Waals surface area (Å²) in [5.41, 5.74) is 2.03. The highest BCUT2D eigenvalue weighted by molar-refractivity contribution is 5.80. The van der Waals surface area contributed by atoms with E-state index < -0.39 is 0 Å². The van der Waals surface area contributed by atoms with Crippen molar-refractivity contribution in [3.8, 4) is 5.75 Å². The molecule has 3 rings (SSSR count). The van der Waals surface area contributed by atoms with Crippen LogP contribution >= 0.6 is 0 Å². The highest BCUT2D eigenvalue weighted by Gasteiger charge is 2.29. The van der Waals surface area contributed by atoms with Crippen molar-refractivity contribution in [1.29, 1.82) is 0 Å². The molecule has 1 unspecified atom stereocenters. The van der Waals surface area contributed by atoms with Crippen molar-refractivity contribution >= 4 is 11.9 Å². The van der Waals surface area contributed by atoms with E-state index in [1.165, 1.54) is 18.7 Å². The van der Waals surface area contributed by atoms with Crippen LogP contribution in [0.3, 0.4) is 0 Å². The van der Waals surface area contributed by atoms with Crippen LogP contribution in [0.4, 0.5) is 4.39 Å². The number of carbonyl (C=O) groups is 1. The summed E-state index contributed by atoms with van der Waals surface area (Å²) < 4.78 is 18.8. The molecular formula is C23H29FN4O2. The van der Waals surface area contributed by atoms with Crippen LogP contribution in [0.2, 0.25) is 0 Å². The summed E-state index contributed by atoms with van der Waals surface area (Å²) in [5.74, 6) is 0.907. The van der Waals surface area contributed by atoms with Crippen LogP contribution in [-0.2, 0) is 17.8 Å². The summed E-state index contributed by atoms with van der Waals surface area (Å²) in [6.07, 6.45) is 1.41. The number of nitrogens with zero attached hydrogens (tertiary/aromatic N) is 2. The Morgan fingerprint density at radius 1 is 1.20 bits per heavy atom. The first kappa shape index (κ1) is 21.6. The Kier molecular flexibility index (Phi) is 7.65. The van der Waals surface area contributed by atoms with E-state index in [2.05, 4.69) is 27.8 Å². The zero-order chi connectivity index (χ0) is 21.3. The van der Waals surface area contributed by atoms with E-state index in [9.17, 15) is 9.18 Å². The number of hydrogen-bond donors (Lipinski definition) is 2. The summed E-state index contributed by atoms with van der Waals surface area (Å²) >= 11 is 0. The number of halogens is 1. The summed E-state index contributed by atoms with van der Waals surface area (Å²) in [7, 11) is 3.13. The molecule has 2 aromatic carbocycles. The van der Waals surface area contributed by atoms with Crippen LogP contribution in [0.25, 0.3) is 0 Å². The second-order valence-electron chi connectivity index (χ2n) is 7.42. The van der Waals surface area contributed by atoms with Gasteiger partial charge in [0.1, 0.15) is 0 Å². The first-order valence-corrected chi connectivity index (χ1v) is 10.2. The minimum absolute atomic E-state index is 0.203. The van der Waals surface area contributed by atoms with Crippen LogP contribution in [0.5, 0.6) is 5.75 Å². The van der Waals surface area contributed by atoms with Crippen molar-refractivity contribution in [2.24, 2.45) is 10.9 Å². The molecule has 30 heavy (non-hydrogen) atoms. The number of amides is 1. The predicted octanol–water partition coefficient (Wildman–Crippen LogP) is 2.59. The summed E-state index contributed by atoms with van der Waals surface area (Å²) in [6.45, 7) is 2.59. The molecule has 160 valence electrons. The number of carbonyl (C=O) groups excluding carboxylic acids is 1. The van der Waals surface area contributed by atoms with Crippen molar-refractivity contribution in [2.75, 3.05) is 33.8 Å². The van der Waals surface area contributed by atoms with Crippen molar-refractivity contribution in [3.63, 3.8) is 0 Å². The smallest absolute Gasteiger partial charge is 0.223 e. The largest absolute Gasteiger partial charge is 0.494 e. The Bertz CT molecular complexity index is 873. The highest BCUT2D eigenvalue weighted by Crippen LogP contribution is 2.18. The van der Waals surface area contributed by atoms with Gasteiger partial charge in [-0.05, 0) is 29.7 Å². The molecule has 7 heteroatoms. The topological polar surface area (TPSA) is 66.0 Å². The Labute approximate surface area is 177 Å². The fourth-order valence-corrected chi connectivity index (χ4v) is 3.58. The third-order valence-corrected chi connectivity index (χ3v) is 5.27. The zero-order valence-electron chi connectivity index (χ0n) is 17.5. The van der Waals surface area contributed by atoms with Crippen LogP contribution < -0.4 is 15.4 Å². The number of ether oxygens (including phenoxy) is 1. The van der Waals surface area contributed by atoms with Gasteiger partial charge < -0.3 is 20.3 Å². The Hall–Kier alpha value is -3.09. The SMILES string of the molecule is CN=C(NCc1ccc(OC)c(F)c1)NCC1CC(=O)N(CCc2ccccc2)C1. The summed E-state index contributed by atoms with van der Waals surface area (Å²) in [5, 5.41) is 6.45. The van der Waals surface area contributed by atoms with Gasteiger partial charge in [-0.1, -0.05) is 36.4 Å². The number of rotatable bonds is 8. The first-order chi connectivity index (χ1) is 14.6. The number of benzene rings is 2. The van der Waals surface area contributed by atoms with Gasteiger partial charge >= 0.3 is 0 Å². The number of aliphatic imine (C=N–C) groups is 1. The van der Waals surface area contributed by atoms with E-state index in [1.54, 1.807) is 13.1 Å². The average Bonchev–Trinajstić information content (AvgIpc) is 3.12. The fraction of sp³-hybridized carbons (Fsp3) is 0.391. The molecule has 2 aromatic rings. The van der Waals surface area contributed by atoms with E-state index in [0.29, 0.717) is 25.5 Å². The van der Waals surface area contributed by atoms with Crippen LogP contribution in [0, 0.1) is 11.7 Å². The van der Waals surface area contributed by atoms with Crippen LogP contribution in [0.1, 0.15) is 17.5 Å². The summed E-state index contributed by atoms with van der Waals surface area (Å²) in [4.78, 5) is 18.5. The number of hydrogen-bond acceptors (Lipinski definition) is 3. The Balaban J connectivity index is 1.42. The Morgan fingerprint density at radius 3 is 2.70 bits per heavy atom. The number of nitrogens with one attached hydrogen (secondary N) is 2. The molecule has 1 saturated heterocycles. The van der Waals surface area contributed by atoms with Gasteiger partial charge in [0, 0.05) is 45.6 Å². The number of methoxy groups -OCH3 is 1. The summed E-state index contributed by atoms with van der Waals surface area (Å²) in [6, 6.07) is 15.1. The van der Waals surface area contributed by atoms with E-state index >= 15 is 0 Å². The monoisotopic (exact) mass is 412 g/mol. The molecule has 0 bridgehead atoms. The molecule has 1 heterocycles. The molecule has 0 saturated carbocycles. The quantitative estimate of drug-likeness (QED) is 0.517. The lowest BCUT2D eigenvalue weighted by atomic mass is 10.1. The molecule has 0 radical (unpaired) electrons. The number of likely N-dealkylation sites (tertiary alicyclic amines) is 1. The van der Waals surface area contributed by atoms with Gasteiger partial charge in [0.05, 0.1) is 7.11 Å². The van der Waals surface area contributed by atoms with E-state index in [-0.39, 0.29) is 23.4 Å². The highest BCUT2D eigenvalue weighted by atomic mass is 19.1. The third kappa shape index (κ3) is 5.95. The van der Waals surface area contributed by atoms with Crippen molar-refractivity contribution in [2.45, 2.75) is 19.4 Å². The van der Waals surface area contributed by atoms with Gasteiger partial charge in [-0.15, -0.1) is 0 Å². The number of guanidine groups is 1. The van der Waals surface area contributed by atoms with Gasteiger partial charge in [-0.2, -0.15) is 0 Å². The molecule has 1 atom stereocenters. The lowest BCUT2D eigenvalue weighted by molar-refractivity contribution is -0.127. The van der Waals surface area contributed by atoms with Crippen molar-refractivity contribution in [3.05, 3.63) is 65.5 Å². The van der Waals surface area contributed by atoms with Gasteiger partial charge in [0.15, 0.2) is 17.5 Å². The molecular weight excluding hydrogens is 383 g/mol. The predicted molar refractivity (Wildman–Crippen MR) is 116 cm³/mol. The molecule has 1 aliphatic rings. The van der Waals surface area contributed by atoms with Gasteiger partial charge in [0.25, 0.3) is 0 Å². The molecule has 1 aliphatic heterocycles. The molecule has 2 N–H and O–H groups in total. The maximum atomic E-state index is 13.8. The lowest BCUT2D eigenvalue weighted by Crippen LogP contribution is -2.40. The normalized spacial score (nSPS) is 16.6. The standard InChI is InChI=1S/C23H29FN4O2/c1-25-23(26-14-18-8-9-21(30-2)20(24)12-18)27-15-19-13-22(29)28(16-19)11-10-17-6-4-3-5-7-17/h3-9,12,19H,10-11,13-16H2,1-2H3,(H2,25,26,27). The fourth-order valence-electron chi connectivity index (χ4n) is 3.58. The van der Waals surface area contributed by atoms with Crippen LogP contribution in [0.15, 0.2) is 53.5 Å². The van der Waals surface area contributed by atoms with Crippen molar-refractivity contribution in [1.82, 2.24) is 15.5 Å². The van der Waals surface area contributed by atoms with E-state index in [4.69, 9.17) is 4.74 Å². The first-order valence-electron chi connectivity index (χ1n) is 10.2. The molecule has 0 aliphatic carbocycles. The Morgan fingerprint density at radius 2 is 2.00 bits per heavy atom. The van der Waals surface area contributed by atoms with Gasteiger partial charge in [-0.25, -0.2) is 4.39 Å². The van der Waals surface area contributed by atoms with E-state index in [1.807, 2.05) is 29.2 Å². The minimum atomic E-state index is -0.389. The molecule has 1 fully saturated rings. The molecule has 0 spiro atoms. The maximum absolute atomic E-state index is 13.8. The van der Waals surface area contributed by atoms with Gasteiger partial charge in [-0.3, -0.25) is 9.79 Å². The second-order valence-corrected chi connectivity index (χ2v) is 7.42. The van der Waals surface area contributed by atoms with Crippen molar-refractivity contribution < 1.29 is 13.9 Å². The lowest BCUT2D eigenvalue weighted by Gasteiger charge is -2.18. The second kappa shape index (κ2) is 10.6. The minimum Gasteiger partial charge on any atom is -0.494 e. The molecule has 6 nitrogen and oxygen atoms in total. The zero-order valence-corrected chi connectivity index (χ0v) is 17.5. The molecule has 1 amide bonds. The van der Waals surface area contributed by atoms with Crippen LogP contribution in [-0.4, -0.2) is 50.6 Å². The van der Waals surface area contributed by atoms with E-state index in [0.717, 1.165) is 25.1 Å².